The summed E-state index contributed by atoms with van der Waals surface area (Å²) in [7, 11) is 2.77. The lowest BCUT2D eigenvalue weighted by Crippen LogP contribution is -1.85. The molecule has 0 aromatic heterocycles. The van der Waals surface area contributed by atoms with Gasteiger partial charge in [0.1, 0.15) is 0 Å². The Hall–Kier alpha value is -1.13. The van der Waals surface area contributed by atoms with Gasteiger partial charge in [0.2, 0.25) is 0 Å². The molecular weight excluding hydrogens is 223 g/mol. The van der Waals surface area contributed by atoms with Gasteiger partial charge in [-0.3, -0.25) is 0 Å². The zero-order valence-corrected chi connectivity index (χ0v) is 11.1. The summed E-state index contributed by atoms with van der Waals surface area (Å²) in [6.45, 7) is 0. The summed E-state index contributed by atoms with van der Waals surface area (Å²) in [6, 6.07) is 15.8. The van der Waals surface area contributed by atoms with Gasteiger partial charge in [0.15, 0.2) is 0 Å². The van der Waals surface area contributed by atoms with E-state index in [1.807, 2.05) is 0 Å². The van der Waals surface area contributed by atoms with E-state index >= 15 is 0 Å². The molecule has 1 atom stereocenters. The zero-order valence-electron chi connectivity index (χ0n) is 9.95. The van der Waals surface area contributed by atoms with Gasteiger partial charge >= 0.3 is 0 Å². The van der Waals surface area contributed by atoms with Crippen LogP contribution in [-0.4, -0.2) is 0 Å². The Kier molecular flexibility index (Phi) is 2.99. The van der Waals surface area contributed by atoms with Crippen molar-refractivity contribution in [1.82, 2.24) is 0 Å². The molecule has 0 nitrogen and oxygen atoms in total. The molecule has 2 aromatic rings. The maximum atomic E-state index is 2.77. The second-order valence-corrected chi connectivity index (χ2v) is 5.15. The first-order valence-electron chi connectivity index (χ1n) is 6.28. The van der Waals surface area contributed by atoms with Gasteiger partial charge in [-0.2, -0.15) is 0 Å². The van der Waals surface area contributed by atoms with E-state index in [0.29, 0.717) is 0 Å². The summed E-state index contributed by atoms with van der Waals surface area (Å²) >= 11 is 0. The lowest BCUT2D eigenvalue weighted by Gasteiger charge is -2.06. The van der Waals surface area contributed by atoms with E-state index in [1.54, 1.807) is 11.1 Å². The highest BCUT2D eigenvalue weighted by Crippen LogP contribution is 2.28. The maximum absolute atomic E-state index is 2.77. The third kappa shape index (κ3) is 2.15. The Morgan fingerprint density at radius 3 is 2.29 bits per heavy atom. The third-order valence-corrected chi connectivity index (χ3v) is 4.09. The van der Waals surface area contributed by atoms with E-state index in [-0.39, 0.29) is 0 Å². The molecule has 17 heavy (non-hydrogen) atoms. The van der Waals surface area contributed by atoms with E-state index < -0.39 is 0 Å². The van der Waals surface area contributed by atoms with Crippen molar-refractivity contribution < 1.29 is 0 Å². The molecule has 3 rings (SSSR count). The van der Waals surface area contributed by atoms with Crippen LogP contribution in [-0.2, 0) is 19.0 Å². The molecule has 1 heteroatoms. The molecule has 0 N–H and O–H groups in total. The normalized spacial score (nSPS) is 13.7. The van der Waals surface area contributed by atoms with Crippen molar-refractivity contribution >= 4 is 9.24 Å². The van der Waals surface area contributed by atoms with E-state index in [1.165, 1.54) is 36.0 Å². The van der Waals surface area contributed by atoms with Crippen molar-refractivity contribution in [2.75, 3.05) is 0 Å². The first kappa shape index (κ1) is 11.0. The van der Waals surface area contributed by atoms with E-state index in [0.717, 1.165) is 6.16 Å². The van der Waals surface area contributed by atoms with Crippen LogP contribution in [0, 0.1) is 0 Å². The average molecular weight is 240 g/mol. The topological polar surface area (TPSA) is 0 Å². The summed E-state index contributed by atoms with van der Waals surface area (Å²) in [6.07, 6.45) is 4.88. The summed E-state index contributed by atoms with van der Waals surface area (Å²) < 4.78 is 0. The van der Waals surface area contributed by atoms with Crippen LogP contribution in [0.2, 0.25) is 0 Å². The molecule has 0 bridgehead atoms. The number of hydrogen-bond acceptors (Lipinski definition) is 0. The lowest BCUT2D eigenvalue weighted by atomic mass is 10.00. The molecule has 0 radical (unpaired) electrons. The maximum Gasteiger partial charge on any atom is -0.0128 e. The van der Waals surface area contributed by atoms with Crippen LogP contribution in [0.5, 0.6) is 0 Å². The van der Waals surface area contributed by atoms with E-state index in [9.17, 15) is 0 Å². The standard InChI is InChI=1S/C16H17P/c17-11-12-4-6-14(7-5-12)16-9-8-13-2-1-3-15(13)10-16/h4-10H,1-3,11,17H2. The molecule has 0 heterocycles. The van der Waals surface area contributed by atoms with E-state index in [4.69, 9.17) is 0 Å². The van der Waals surface area contributed by atoms with Crippen molar-refractivity contribution in [2.45, 2.75) is 25.4 Å². The Balaban J connectivity index is 1.97. The minimum Gasteiger partial charge on any atom is -0.133 e. The van der Waals surface area contributed by atoms with Crippen LogP contribution >= 0.6 is 9.24 Å². The number of benzene rings is 2. The van der Waals surface area contributed by atoms with Crippen LogP contribution in [0.25, 0.3) is 11.1 Å². The molecule has 0 spiro atoms. The number of aryl methyl sites for hydroxylation is 2. The molecule has 86 valence electrons. The quantitative estimate of drug-likeness (QED) is 0.689. The second-order valence-electron chi connectivity index (χ2n) is 4.74. The molecule has 1 aliphatic rings. The highest BCUT2D eigenvalue weighted by molar-refractivity contribution is 7.15. The minimum absolute atomic E-state index is 1.03. The fourth-order valence-corrected chi connectivity index (χ4v) is 2.86. The Morgan fingerprint density at radius 2 is 1.53 bits per heavy atom. The van der Waals surface area contributed by atoms with Crippen molar-refractivity contribution in [3.05, 3.63) is 59.2 Å². The molecule has 0 aliphatic heterocycles. The summed E-state index contributed by atoms with van der Waals surface area (Å²) in [5.74, 6) is 0. The molecule has 2 aromatic carbocycles. The molecular formula is C16H17P. The van der Waals surface area contributed by atoms with Gasteiger partial charge in [0.05, 0.1) is 0 Å². The Bertz CT molecular complexity index is 526. The van der Waals surface area contributed by atoms with Crippen molar-refractivity contribution in [1.29, 1.82) is 0 Å². The van der Waals surface area contributed by atoms with Crippen LogP contribution in [0.3, 0.4) is 0 Å². The molecule has 0 fully saturated rings. The summed E-state index contributed by atoms with van der Waals surface area (Å²) in [5.41, 5.74) is 7.18. The second kappa shape index (κ2) is 4.63. The van der Waals surface area contributed by atoms with Crippen LogP contribution in [0.15, 0.2) is 42.5 Å². The number of fused-ring (bicyclic) bond motifs is 1. The molecule has 1 unspecified atom stereocenters. The SMILES string of the molecule is PCc1ccc(-c2ccc3c(c2)CCC3)cc1. The lowest BCUT2D eigenvalue weighted by molar-refractivity contribution is 0.912. The predicted molar refractivity (Wildman–Crippen MR) is 77.3 cm³/mol. The predicted octanol–water partition coefficient (Wildman–Crippen LogP) is 4.22. The van der Waals surface area contributed by atoms with Gasteiger partial charge in [-0.1, -0.05) is 42.5 Å². The minimum atomic E-state index is 1.03. The van der Waals surface area contributed by atoms with Crippen LogP contribution < -0.4 is 0 Å². The van der Waals surface area contributed by atoms with Gasteiger partial charge < -0.3 is 0 Å². The van der Waals surface area contributed by atoms with Gasteiger partial charge in [-0.05, 0) is 53.2 Å². The third-order valence-electron chi connectivity index (χ3n) is 3.62. The first-order valence-corrected chi connectivity index (χ1v) is 7.09. The first-order chi connectivity index (χ1) is 8.36. The van der Waals surface area contributed by atoms with Gasteiger partial charge in [0, 0.05) is 0 Å². The van der Waals surface area contributed by atoms with Crippen LogP contribution in [0.1, 0.15) is 23.1 Å². The van der Waals surface area contributed by atoms with Gasteiger partial charge in [-0.15, -0.1) is 9.24 Å². The average Bonchev–Trinajstić information content (AvgIpc) is 2.86. The largest absolute Gasteiger partial charge is 0.133 e. The zero-order chi connectivity index (χ0) is 11.7. The van der Waals surface area contributed by atoms with Crippen LogP contribution in [0.4, 0.5) is 0 Å². The Labute approximate surface area is 105 Å². The fraction of sp³-hybridized carbons (Fsp3) is 0.250. The smallest absolute Gasteiger partial charge is 0.0128 e. The fourth-order valence-electron chi connectivity index (χ4n) is 2.58. The van der Waals surface area contributed by atoms with Gasteiger partial charge in [0.25, 0.3) is 0 Å². The highest BCUT2D eigenvalue weighted by Gasteiger charge is 2.11. The van der Waals surface area contributed by atoms with E-state index in [2.05, 4.69) is 51.7 Å². The van der Waals surface area contributed by atoms with Crippen molar-refractivity contribution in [3.8, 4) is 11.1 Å². The van der Waals surface area contributed by atoms with Crippen molar-refractivity contribution in [3.63, 3.8) is 0 Å². The highest BCUT2D eigenvalue weighted by atomic mass is 31.0. The number of hydrogen-bond donors (Lipinski definition) is 0. The van der Waals surface area contributed by atoms with Crippen molar-refractivity contribution in [2.24, 2.45) is 0 Å². The Morgan fingerprint density at radius 1 is 0.824 bits per heavy atom. The molecule has 0 saturated heterocycles. The summed E-state index contributed by atoms with van der Waals surface area (Å²) in [5, 5.41) is 0. The summed E-state index contributed by atoms with van der Waals surface area (Å²) in [4.78, 5) is 0. The molecule has 0 saturated carbocycles. The number of rotatable bonds is 2. The monoisotopic (exact) mass is 240 g/mol. The van der Waals surface area contributed by atoms with Gasteiger partial charge in [-0.25, -0.2) is 0 Å². The molecule has 1 aliphatic carbocycles. The molecule has 0 amide bonds.